The van der Waals surface area contributed by atoms with Gasteiger partial charge in [-0.1, -0.05) is 48.5 Å². The van der Waals surface area contributed by atoms with Gasteiger partial charge in [-0.2, -0.15) is 0 Å². The fraction of sp³-hybridized carbons (Fsp3) is 0.132. The molecule has 9 rings (SSSR count). The molecular weight excluding hydrogens is 1030 g/mol. The van der Waals surface area contributed by atoms with Gasteiger partial charge in [0.25, 0.3) is 5.91 Å². The molecule has 2 heterocycles. The molecule has 5 aromatic carbocycles. The van der Waals surface area contributed by atoms with Crippen molar-refractivity contribution in [1.82, 2.24) is 10.2 Å². The fourth-order valence-corrected chi connectivity index (χ4v) is 8.93. The van der Waals surface area contributed by atoms with Gasteiger partial charge in [0.2, 0.25) is 5.91 Å². The summed E-state index contributed by atoms with van der Waals surface area (Å²) in [5, 5.41) is 38.6. The summed E-state index contributed by atoms with van der Waals surface area (Å²) in [6.07, 6.45) is -2.46. The maximum atomic E-state index is 14.6. The van der Waals surface area contributed by atoms with E-state index in [2.05, 4.69) is 33.2 Å². The Kier molecular flexibility index (Phi) is 13.6. The highest BCUT2D eigenvalue weighted by molar-refractivity contribution is 14.1. The first-order chi connectivity index (χ1) is 34.2. The number of carboxylic acids is 1. The van der Waals surface area contributed by atoms with Gasteiger partial charge in [0.05, 0.1) is 21.7 Å². The summed E-state index contributed by atoms with van der Waals surface area (Å²) < 4.78 is 37.8. The van der Waals surface area contributed by atoms with Crippen LogP contribution in [0.3, 0.4) is 0 Å². The number of aromatic carboxylic acids is 1. The molecule has 0 bridgehead atoms. The van der Waals surface area contributed by atoms with Crippen molar-refractivity contribution < 1.29 is 57.2 Å². The second-order valence-electron chi connectivity index (χ2n) is 16.4. The van der Waals surface area contributed by atoms with Crippen LogP contribution in [0.2, 0.25) is 0 Å². The molecule has 1 aromatic heterocycles. The molecule has 358 valence electrons. The van der Waals surface area contributed by atoms with Crippen LogP contribution in [0.5, 0.6) is 11.5 Å². The van der Waals surface area contributed by atoms with E-state index in [1.165, 1.54) is 89.8 Å². The van der Waals surface area contributed by atoms with Crippen molar-refractivity contribution in [1.29, 1.82) is 0 Å². The molecule has 1 aliphatic heterocycles. The van der Waals surface area contributed by atoms with Gasteiger partial charge < -0.3 is 43.8 Å². The second kappa shape index (κ2) is 20.3. The van der Waals surface area contributed by atoms with Gasteiger partial charge in [0, 0.05) is 58.3 Å². The molecule has 0 saturated carbocycles. The topological polar surface area (TPSA) is 235 Å². The number of nitrogens with zero attached hydrogens (tertiary/aromatic N) is 1. The Morgan fingerprint density at radius 2 is 1.58 bits per heavy atom. The molecule has 0 unspecified atom stereocenters. The Labute approximate surface area is 415 Å². The number of nitrogens with one attached hydrogen (secondary N) is 2. The normalized spacial score (nSPS) is 15.5. The average Bonchev–Trinajstić information content (AvgIpc) is 3.35. The average molecular weight is 1070 g/mol. The van der Waals surface area contributed by atoms with E-state index >= 15 is 0 Å². The van der Waals surface area contributed by atoms with E-state index < -0.39 is 53.6 Å². The number of hydrogen-bond donors (Lipinski definition) is 5. The highest BCUT2D eigenvalue weighted by Crippen LogP contribution is 2.42. The standard InChI is InChI=1S/C53H39FIN3O13/c54-31-11-9-28(10-12-31)27-58(50(63)39-21-29-5-1-3-7-42(29)71-52(39)66)41-22-30(23-46(48(41)61)69-43-8-4-2-6-40(43)55)49(62)56-19-20-68-53(67)57-32-13-16-35(38(24-32)51(64)65)47-36-17-14-33(59)25-44(36)70-45-26-34(60)15-18-37(45)47/h1-18,21,23-26,41,46,48,59,61H,19-20,22,27H2,(H,56,62)(H,57,67)(H,64,65)/t41-,46+,48+/m1/s1. The number of carbonyl (C=O) groups excluding carboxylic acids is 3. The largest absolute Gasteiger partial charge is 0.508 e. The lowest BCUT2D eigenvalue weighted by molar-refractivity contribution is -0.118. The molecule has 5 N–H and O–H groups in total. The lowest BCUT2D eigenvalue weighted by Crippen LogP contribution is -2.55. The van der Waals surface area contributed by atoms with Crippen LogP contribution in [-0.4, -0.2) is 75.5 Å². The molecule has 18 heteroatoms. The summed E-state index contributed by atoms with van der Waals surface area (Å²) in [5.41, 5.74) is 0.306. The first-order valence-corrected chi connectivity index (χ1v) is 23.0. The van der Waals surface area contributed by atoms with Crippen molar-refractivity contribution in [2.45, 2.75) is 31.2 Å². The zero-order valence-corrected chi connectivity index (χ0v) is 39.1. The van der Waals surface area contributed by atoms with Crippen LogP contribution in [0, 0.1) is 9.39 Å². The number of aromatic hydroxyl groups is 1. The van der Waals surface area contributed by atoms with E-state index in [1.54, 1.807) is 54.6 Å². The number of rotatable bonds is 13. The molecule has 71 heavy (non-hydrogen) atoms. The molecule has 0 saturated heterocycles. The van der Waals surface area contributed by atoms with Crippen LogP contribution in [-0.2, 0) is 16.1 Å². The number of aliphatic hydroxyl groups is 1. The van der Waals surface area contributed by atoms with Crippen LogP contribution in [0.4, 0.5) is 14.9 Å². The maximum Gasteiger partial charge on any atom is 0.411 e. The Bertz CT molecular complexity index is 3520. The molecule has 3 amide bonds. The van der Waals surface area contributed by atoms with Crippen LogP contribution >= 0.6 is 22.6 Å². The number of ether oxygens (including phenoxy) is 2. The van der Waals surface area contributed by atoms with Crippen molar-refractivity contribution in [2.24, 2.45) is 0 Å². The van der Waals surface area contributed by atoms with E-state index in [-0.39, 0.29) is 82.2 Å². The van der Waals surface area contributed by atoms with Crippen molar-refractivity contribution in [3.8, 4) is 33.9 Å². The van der Waals surface area contributed by atoms with E-state index in [1.807, 2.05) is 0 Å². The minimum absolute atomic E-state index is 0.0613. The van der Waals surface area contributed by atoms with Crippen molar-refractivity contribution in [2.75, 3.05) is 18.5 Å². The first-order valence-electron chi connectivity index (χ1n) is 21.9. The Morgan fingerprint density at radius 1 is 0.817 bits per heavy atom. The summed E-state index contributed by atoms with van der Waals surface area (Å²) in [5.74, 6) is -2.90. The number of hydrogen-bond acceptors (Lipinski definition) is 12. The number of fused-ring (bicyclic) bond motifs is 3. The summed E-state index contributed by atoms with van der Waals surface area (Å²) >= 11 is 2.06. The monoisotopic (exact) mass is 1070 g/mol. The van der Waals surface area contributed by atoms with E-state index in [0.717, 1.165) is 0 Å². The molecule has 0 radical (unpaired) electrons. The number of para-hydroxylation sites is 2. The zero-order chi connectivity index (χ0) is 49.9. The van der Waals surface area contributed by atoms with E-state index in [4.69, 9.17) is 18.3 Å². The summed E-state index contributed by atoms with van der Waals surface area (Å²) in [4.78, 5) is 81.1. The highest BCUT2D eigenvalue weighted by Gasteiger charge is 2.41. The fourth-order valence-electron chi connectivity index (χ4n) is 8.42. The number of aliphatic hydroxyl groups excluding tert-OH is 1. The predicted molar refractivity (Wildman–Crippen MR) is 266 cm³/mol. The predicted octanol–water partition coefficient (Wildman–Crippen LogP) is 8.33. The van der Waals surface area contributed by atoms with E-state index in [9.17, 15) is 48.5 Å². The number of amides is 3. The molecule has 16 nitrogen and oxygen atoms in total. The maximum absolute atomic E-state index is 14.6. The third-order valence-corrected chi connectivity index (χ3v) is 12.7. The van der Waals surface area contributed by atoms with Gasteiger partial charge >= 0.3 is 17.7 Å². The molecule has 0 spiro atoms. The van der Waals surface area contributed by atoms with Crippen molar-refractivity contribution in [3.63, 3.8) is 0 Å². The summed E-state index contributed by atoms with van der Waals surface area (Å²) in [6, 6.07) is 31.7. The third kappa shape index (κ3) is 10.3. The lowest BCUT2D eigenvalue weighted by atomic mass is 9.87. The van der Waals surface area contributed by atoms with Crippen LogP contribution in [0.25, 0.3) is 44.4 Å². The Hall–Kier alpha value is -8.36. The van der Waals surface area contributed by atoms with E-state index in [0.29, 0.717) is 36.8 Å². The van der Waals surface area contributed by atoms with Gasteiger partial charge in [-0.3, -0.25) is 19.7 Å². The third-order valence-electron chi connectivity index (χ3n) is 11.8. The van der Waals surface area contributed by atoms with Gasteiger partial charge in [0.1, 0.15) is 58.6 Å². The minimum atomic E-state index is -1.47. The first kappa shape index (κ1) is 47.7. The van der Waals surface area contributed by atoms with Crippen molar-refractivity contribution >= 4 is 74.1 Å². The number of anilines is 1. The number of carbonyl (C=O) groups is 4. The number of benzene rings is 6. The van der Waals surface area contributed by atoms with Gasteiger partial charge in [0.15, 0.2) is 5.43 Å². The molecule has 3 atom stereocenters. The second-order valence-corrected chi connectivity index (χ2v) is 17.6. The van der Waals surface area contributed by atoms with Gasteiger partial charge in [-0.15, -0.1) is 0 Å². The quantitative estimate of drug-likeness (QED) is 0.0317. The molecule has 0 fully saturated rings. The van der Waals surface area contributed by atoms with Crippen LogP contribution in [0.15, 0.2) is 164 Å². The van der Waals surface area contributed by atoms with Crippen LogP contribution in [0.1, 0.15) is 32.7 Å². The summed E-state index contributed by atoms with van der Waals surface area (Å²) in [6.45, 7) is -0.785. The SMILES string of the molecule is O=C(Nc1ccc(-c2c3ccc(=O)cc-3oc3cc(O)ccc23)c(C(=O)O)c1)OCCNC(=O)C1=C[C@H](Oc2ccccc2I)[C@@H](O)[C@H](N(Cc2ccc(F)cc2)C(=O)c2cc3ccccc3oc2=O)C1. The van der Waals surface area contributed by atoms with Crippen molar-refractivity contribution in [3.05, 3.63) is 192 Å². The lowest BCUT2D eigenvalue weighted by Gasteiger charge is -2.40. The molecular formula is C53H39FIN3O13. The number of phenolic OH excluding ortho intramolecular Hbond substituents is 1. The number of carboxylic acid groups (broad SMARTS) is 1. The zero-order valence-electron chi connectivity index (χ0n) is 37.0. The number of halogens is 2. The molecule has 6 aromatic rings. The molecule has 2 aliphatic carbocycles. The Morgan fingerprint density at radius 3 is 2.37 bits per heavy atom. The van der Waals surface area contributed by atoms with Crippen LogP contribution < -0.4 is 26.4 Å². The summed E-state index contributed by atoms with van der Waals surface area (Å²) in [7, 11) is 0. The minimum Gasteiger partial charge on any atom is -0.508 e. The highest BCUT2D eigenvalue weighted by atomic mass is 127. The molecule has 3 aliphatic rings. The smallest absolute Gasteiger partial charge is 0.411 e. The van der Waals surface area contributed by atoms with Gasteiger partial charge in [-0.05, 0) is 113 Å². The Balaban J connectivity index is 0.930. The number of phenols is 1. The van der Waals surface area contributed by atoms with Gasteiger partial charge in [-0.25, -0.2) is 18.8 Å².